The van der Waals surface area contributed by atoms with Crippen molar-refractivity contribution in [2.24, 2.45) is 0 Å². The quantitative estimate of drug-likeness (QED) is 0.202. The number of halogens is 4. The average molecular weight is 510 g/mol. The van der Waals surface area contributed by atoms with Crippen molar-refractivity contribution in [3.8, 4) is 0 Å². The number of nitrogens with one attached hydrogen (secondary N) is 3. The third-order valence-corrected chi connectivity index (χ3v) is 4.97. The Hall–Kier alpha value is -5.00. The van der Waals surface area contributed by atoms with Gasteiger partial charge in [-0.05, 0) is 54.6 Å². The summed E-state index contributed by atoms with van der Waals surface area (Å²) in [5, 5.41) is 7.75. The predicted molar refractivity (Wildman–Crippen MR) is 130 cm³/mol. The molecule has 12 heteroatoms. The molecule has 0 radical (unpaired) electrons. The zero-order chi connectivity index (χ0) is 26.6. The number of hydrogen-bond donors (Lipinski definition) is 4. The molecule has 0 aliphatic rings. The van der Waals surface area contributed by atoms with E-state index in [1.165, 1.54) is 24.5 Å². The number of anilines is 5. The monoisotopic (exact) mass is 510 g/mol. The number of nitrogens with zero attached hydrogens (tertiary/aromatic N) is 2. The van der Waals surface area contributed by atoms with Crippen LogP contribution in [0.4, 0.5) is 46.3 Å². The van der Waals surface area contributed by atoms with E-state index in [4.69, 9.17) is 5.73 Å². The van der Waals surface area contributed by atoms with Crippen molar-refractivity contribution in [2.75, 3.05) is 21.7 Å². The molecular weight excluding hydrogens is 492 g/mol. The summed E-state index contributed by atoms with van der Waals surface area (Å²) in [6, 6.07) is 13.9. The molecule has 2 amide bonds. The van der Waals surface area contributed by atoms with Crippen LogP contribution in [0.15, 0.2) is 79.1 Å². The van der Waals surface area contributed by atoms with Crippen LogP contribution in [0, 0.1) is 5.82 Å². The van der Waals surface area contributed by atoms with Crippen molar-refractivity contribution < 1.29 is 27.2 Å². The molecule has 0 saturated carbocycles. The summed E-state index contributed by atoms with van der Waals surface area (Å²) in [7, 11) is 0. The maximum absolute atomic E-state index is 14.4. The summed E-state index contributed by atoms with van der Waals surface area (Å²) in [5.74, 6) is -2.36. The zero-order valence-corrected chi connectivity index (χ0v) is 18.8. The molecule has 4 rings (SSSR count). The standard InChI is InChI=1S/C25H18F4N6O2/c26-21-8-7-18(33-22(36)14-3-1-4-15(9-14)25(27,28)29)11-20(21)23(37)34-19-12-31-24(32-13-19)35-17-6-2-5-16(30)10-17/h1-13H,30H2,(H,33,36)(H,34,37)(H,31,32,35). The minimum absolute atomic E-state index is 0.00638. The molecule has 0 fully saturated rings. The van der Waals surface area contributed by atoms with Crippen molar-refractivity contribution >= 4 is 40.5 Å². The second-order valence-electron chi connectivity index (χ2n) is 7.73. The van der Waals surface area contributed by atoms with Crippen molar-refractivity contribution in [3.05, 3.63) is 102 Å². The molecule has 0 spiro atoms. The van der Waals surface area contributed by atoms with Gasteiger partial charge in [-0.1, -0.05) is 12.1 Å². The Kier molecular flexibility index (Phi) is 7.00. The van der Waals surface area contributed by atoms with Gasteiger partial charge in [0, 0.05) is 22.6 Å². The van der Waals surface area contributed by atoms with Crippen LogP contribution in [0.5, 0.6) is 0 Å². The maximum Gasteiger partial charge on any atom is 0.416 e. The molecule has 37 heavy (non-hydrogen) atoms. The Bertz CT molecular complexity index is 1460. The van der Waals surface area contributed by atoms with Gasteiger partial charge in [0.2, 0.25) is 5.95 Å². The number of nitrogen functional groups attached to an aromatic ring is 1. The fraction of sp³-hybridized carbons (Fsp3) is 0.0400. The van der Waals surface area contributed by atoms with Gasteiger partial charge >= 0.3 is 6.18 Å². The Labute approximate surface area is 207 Å². The number of alkyl halides is 3. The smallest absolute Gasteiger partial charge is 0.399 e. The molecule has 4 aromatic rings. The van der Waals surface area contributed by atoms with E-state index in [9.17, 15) is 27.2 Å². The minimum atomic E-state index is -4.62. The van der Waals surface area contributed by atoms with E-state index in [0.29, 0.717) is 17.4 Å². The number of rotatable bonds is 6. The number of benzene rings is 3. The molecule has 188 valence electrons. The molecule has 1 heterocycles. The zero-order valence-electron chi connectivity index (χ0n) is 18.8. The van der Waals surface area contributed by atoms with Gasteiger partial charge in [0.05, 0.1) is 29.2 Å². The molecule has 3 aromatic carbocycles. The molecule has 0 atom stereocenters. The lowest BCUT2D eigenvalue weighted by Gasteiger charge is -2.11. The Morgan fingerprint density at radius 1 is 0.784 bits per heavy atom. The van der Waals surface area contributed by atoms with E-state index >= 15 is 0 Å². The number of nitrogens with two attached hydrogens (primary N) is 1. The number of hydrogen-bond acceptors (Lipinski definition) is 6. The van der Waals surface area contributed by atoms with Gasteiger partial charge in [-0.2, -0.15) is 13.2 Å². The summed E-state index contributed by atoms with van der Waals surface area (Å²) >= 11 is 0. The lowest BCUT2D eigenvalue weighted by atomic mass is 10.1. The van der Waals surface area contributed by atoms with Gasteiger partial charge in [-0.15, -0.1) is 0 Å². The number of carbonyl (C=O) groups is 2. The number of carbonyl (C=O) groups excluding carboxylic acids is 2. The highest BCUT2D eigenvalue weighted by atomic mass is 19.4. The van der Waals surface area contributed by atoms with Gasteiger partial charge in [-0.25, -0.2) is 14.4 Å². The van der Waals surface area contributed by atoms with E-state index in [1.54, 1.807) is 24.3 Å². The Morgan fingerprint density at radius 2 is 1.49 bits per heavy atom. The molecule has 0 saturated heterocycles. The first kappa shape index (κ1) is 25.1. The van der Waals surface area contributed by atoms with Crippen LogP contribution in [-0.2, 0) is 6.18 Å². The van der Waals surface area contributed by atoms with E-state index in [0.717, 1.165) is 24.3 Å². The van der Waals surface area contributed by atoms with Gasteiger partial charge in [0.15, 0.2) is 0 Å². The highest BCUT2D eigenvalue weighted by molar-refractivity contribution is 6.07. The molecule has 0 bridgehead atoms. The largest absolute Gasteiger partial charge is 0.416 e. The molecule has 0 aliphatic carbocycles. The Balaban J connectivity index is 1.44. The molecule has 0 unspecified atom stereocenters. The fourth-order valence-electron chi connectivity index (χ4n) is 3.22. The van der Waals surface area contributed by atoms with Crippen LogP contribution in [0.1, 0.15) is 26.3 Å². The van der Waals surface area contributed by atoms with Crippen molar-refractivity contribution in [1.29, 1.82) is 0 Å². The normalized spacial score (nSPS) is 11.0. The second-order valence-corrected chi connectivity index (χ2v) is 7.73. The first-order chi connectivity index (χ1) is 17.6. The molecule has 1 aromatic heterocycles. The van der Waals surface area contributed by atoms with Crippen LogP contribution in [0.25, 0.3) is 0 Å². The van der Waals surface area contributed by atoms with Gasteiger partial charge in [-0.3, -0.25) is 9.59 Å². The lowest BCUT2D eigenvalue weighted by Crippen LogP contribution is -2.17. The molecule has 5 N–H and O–H groups in total. The molecular formula is C25H18F4N6O2. The topological polar surface area (TPSA) is 122 Å². The lowest BCUT2D eigenvalue weighted by molar-refractivity contribution is -0.137. The van der Waals surface area contributed by atoms with Crippen molar-refractivity contribution in [2.45, 2.75) is 6.18 Å². The number of aromatic nitrogens is 2. The van der Waals surface area contributed by atoms with Gasteiger partial charge in [0.25, 0.3) is 11.8 Å². The number of amides is 2. The van der Waals surface area contributed by atoms with Crippen LogP contribution in [0.2, 0.25) is 0 Å². The van der Waals surface area contributed by atoms with Crippen molar-refractivity contribution in [1.82, 2.24) is 9.97 Å². The highest BCUT2D eigenvalue weighted by Gasteiger charge is 2.31. The van der Waals surface area contributed by atoms with Crippen LogP contribution < -0.4 is 21.7 Å². The molecule has 0 aliphatic heterocycles. The van der Waals surface area contributed by atoms with Crippen molar-refractivity contribution in [3.63, 3.8) is 0 Å². The van der Waals surface area contributed by atoms with E-state index < -0.39 is 34.9 Å². The van der Waals surface area contributed by atoms with Gasteiger partial charge in [0.1, 0.15) is 5.82 Å². The van der Waals surface area contributed by atoms with Crippen LogP contribution >= 0.6 is 0 Å². The summed E-state index contributed by atoms with van der Waals surface area (Å²) in [6.07, 6.45) is -2.02. The van der Waals surface area contributed by atoms with E-state index in [2.05, 4.69) is 25.9 Å². The fourth-order valence-corrected chi connectivity index (χ4v) is 3.22. The first-order valence-electron chi connectivity index (χ1n) is 10.6. The summed E-state index contributed by atoms with van der Waals surface area (Å²) < 4.78 is 53.1. The summed E-state index contributed by atoms with van der Waals surface area (Å²) in [5.41, 5.74) is 5.44. The molecule has 8 nitrogen and oxygen atoms in total. The Morgan fingerprint density at radius 3 is 2.19 bits per heavy atom. The maximum atomic E-state index is 14.4. The third-order valence-electron chi connectivity index (χ3n) is 4.97. The van der Waals surface area contributed by atoms with E-state index in [-0.39, 0.29) is 22.9 Å². The minimum Gasteiger partial charge on any atom is -0.399 e. The van der Waals surface area contributed by atoms with Gasteiger partial charge < -0.3 is 21.7 Å². The first-order valence-corrected chi connectivity index (χ1v) is 10.6. The summed E-state index contributed by atoms with van der Waals surface area (Å²) in [6.45, 7) is 0. The van der Waals surface area contributed by atoms with Crippen LogP contribution in [0.3, 0.4) is 0 Å². The SMILES string of the molecule is Nc1cccc(Nc2ncc(NC(=O)c3cc(NC(=O)c4cccc(C(F)(F)F)c4)ccc3F)cn2)c1. The average Bonchev–Trinajstić information content (AvgIpc) is 2.86. The summed E-state index contributed by atoms with van der Waals surface area (Å²) in [4.78, 5) is 33.2. The second kappa shape index (κ2) is 10.3. The van der Waals surface area contributed by atoms with Crippen LogP contribution in [-0.4, -0.2) is 21.8 Å². The third kappa shape index (κ3) is 6.36. The highest BCUT2D eigenvalue weighted by Crippen LogP contribution is 2.29. The van der Waals surface area contributed by atoms with E-state index in [1.807, 2.05) is 0 Å². The predicted octanol–water partition coefficient (Wildman–Crippen LogP) is 5.46.